The quantitative estimate of drug-likeness (QED) is 0.0358. The highest BCUT2D eigenvalue weighted by molar-refractivity contribution is 7.80. The highest BCUT2D eigenvalue weighted by Gasteiger charge is 2.58. The number of carbonyl (C=O) groups is 3. The first kappa shape index (κ1) is 36.5. The minimum Gasteiger partial charge on any atom is -0.485 e. The smallest absolute Gasteiger partial charge is 0.418 e. The number of nitrogens with one attached hydrogen (secondary N) is 4. The molecule has 0 radical (unpaired) electrons. The molecule has 5 rings (SSSR count). The second-order valence-corrected chi connectivity index (χ2v) is 14.2. The van der Waals surface area contributed by atoms with Gasteiger partial charge in [0.15, 0.2) is 16.9 Å². The van der Waals surface area contributed by atoms with Crippen LogP contribution in [0.25, 0.3) is 5.57 Å². The summed E-state index contributed by atoms with van der Waals surface area (Å²) in [5.41, 5.74) is 10.0. The van der Waals surface area contributed by atoms with Gasteiger partial charge in [-0.25, -0.2) is 9.78 Å². The molecule has 3 aliphatic rings. The number of guanidine groups is 1. The van der Waals surface area contributed by atoms with Crippen molar-refractivity contribution < 1.29 is 51.3 Å². The van der Waals surface area contributed by atoms with Crippen LogP contribution in [0.1, 0.15) is 50.4 Å². The first-order chi connectivity index (χ1) is 23.5. The number of rotatable bonds is 13. The summed E-state index contributed by atoms with van der Waals surface area (Å²) < 4.78 is 41.8. The summed E-state index contributed by atoms with van der Waals surface area (Å²) in [5, 5.41) is 24.9. The van der Waals surface area contributed by atoms with Crippen molar-refractivity contribution in [2.24, 2.45) is 10.9 Å². The van der Waals surface area contributed by atoms with Gasteiger partial charge in [0.1, 0.15) is 17.5 Å². The molecule has 21 heteroatoms. The summed E-state index contributed by atoms with van der Waals surface area (Å²) in [7, 11) is -5.03. The lowest BCUT2D eigenvalue weighted by molar-refractivity contribution is -0.447. The van der Waals surface area contributed by atoms with E-state index in [0.717, 1.165) is 47.0 Å². The number of anilines is 1. The molecule has 0 unspecified atom stereocenters. The van der Waals surface area contributed by atoms with E-state index in [1.807, 2.05) is 18.3 Å². The van der Waals surface area contributed by atoms with E-state index in [1.54, 1.807) is 6.07 Å². The Balaban J connectivity index is 1.31. The number of nitrogen functional groups attached to an aromatic ring is 1. The van der Waals surface area contributed by atoms with Gasteiger partial charge in [0.2, 0.25) is 0 Å². The fraction of sp³-hybridized carbons (Fsp3) is 0.448. The minimum absolute atomic E-state index is 0.0640. The Morgan fingerprint density at radius 3 is 2.72 bits per heavy atom. The number of carboxylic acid groups (broad SMARTS) is 1. The average molecular weight is 737 g/mol. The van der Waals surface area contributed by atoms with Crippen molar-refractivity contribution in [1.29, 1.82) is 0 Å². The first-order valence-corrected chi connectivity index (χ1v) is 17.6. The van der Waals surface area contributed by atoms with Gasteiger partial charge in [0, 0.05) is 11.0 Å². The number of nitrogens with zero attached hydrogens (tertiary/aromatic N) is 3. The molecule has 4 heterocycles. The highest BCUT2D eigenvalue weighted by atomic mass is 32.3. The molecule has 0 saturated carbocycles. The lowest BCUT2D eigenvalue weighted by Gasteiger charge is -2.50. The van der Waals surface area contributed by atoms with Crippen LogP contribution in [0, 0.1) is 0 Å². The molecule has 19 nitrogen and oxygen atoms in total. The van der Waals surface area contributed by atoms with Crippen LogP contribution in [-0.4, -0.2) is 100 Å². The second kappa shape index (κ2) is 14.2. The van der Waals surface area contributed by atoms with Crippen LogP contribution in [0.5, 0.6) is 5.75 Å². The minimum atomic E-state index is -5.03. The number of aliphatic carboxylic acids is 1. The molecule has 1 aromatic heterocycles. The van der Waals surface area contributed by atoms with Crippen molar-refractivity contribution in [3.05, 3.63) is 46.6 Å². The predicted molar refractivity (Wildman–Crippen MR) is 178 cm³/mol. The maximum Gasteiger partial charge on any atom is 0.418 e. The summed E-state index contributed by atoms with van der Waals surface area (Å²) in [5.74, 6) is -2.17. The zero-order chi connectivity index (χ0) is 36.4. The largest absolute Gasteiger partial charge is 0.485 e. The van der Waals surface area contributed by atoms with Gasteiger partial charge in [-0.2, -0.15) is 13.5 Å². The van der Waals surface area contributed by atoms with Crippen LogP contribution in [0.3, 0.4) is 0 Å². The van der Waals surface area contributed by atoms with Crippen molar-refractivity contribution in [3.8, 4) is 5.75 Å². The fourth-order valence-electron chi connectivity index (χ4n) is 5.43. The standard InChI is InChI=1S/C29H37N9O10S2/c1-28(2)22(24(40)38(28)48-50(43,44)45)36-23(39)21(18-14-49-26(31)35-18)37-47-29(3,25(41)42)20-8-6-16-11-15(5-7-19(16)46-20)17-12-33-27(34-13-17)32-10-4-9-30/h5,7,11-12,14,20,22H,4,6,8-10,13,30H2,1-3H3,(H2,31,35)(H,36,39)(H,41,42)(H2,32,33,34)(H,43,44,45)/p+1/b37-21-/t20-,22-,29+/m1/s1. The number of hydroxylamine groups is 2. The molecule has 2 aromatic rings. The maximum absolute atomic E-state index is 13.5. The van der Waals surface area contributed by atoms with E-state index in [4.69, 9.17) is 25.6 Å². The number of aryl methyl sites for hydroxylation is 1. The predicted octanol–water partition coefficient (Wildman–Crippen LogP) is -2.16. The maximum atomic E-state index is 13.5. The lowest BCUT2D eigenvalue weighted by Crippen LogP contribution is -2.80. The number of carboxylic acids is 1. The number of benzene rings is 1. The van der Waals surface area contributed by atoms with Crippen molar-refractivity contribution in [3.63, 3.8) is 0 Å². The topological polar surface area (TPSA) is 284 Å². The summed E-state index contributed by atoms with van der Waals surface area (Å²) in [6.45, 7) is 5.91. The molecular formula is C29H38N9O10S2+. The number of hydrogen-bond donors (Lipinski definition) is 8. The molecule has 3 aliphatic heterocycles. The van der Waals surface area contributed by atoms with Crippen molar-refractivity contribution >= 4 is 61.9 Å². The van der Waals surface area contributed by atoms with Crippen molar-refractivity contribution in [2.45, 2.75) is 63.3 Å². The fourth-order valence-corrected chi connectivity index (χ4v) is 6.43. The summed E-state index contributed by atoms with van der Waals surface area (Å²) in [6, 6.07) is 4.26. The SMILES string of the molecule is CC1(C)[C@H](NC(=O)/C(=N\O[C@](C)(C(=O)O)[C@H]2CCc3cc(C4=CNC(NCCCN)=[NH+]C4)ccc3O2)c2csc(N)n2)C(=O)N1OS(=O)(=O)O. The molecule has 0 aliphatic carbocycles. The van der Waals surface area contributed by atoms with Crippen LogP contribution in [0.2, 0.25) is 0 Å². The number of aromatic nitrogens is 1. The monoisotopic (exact) mass is 736 g/mol. The van der Waals surface area contributed by atoms with Crippen LogP contribution in [0.15, 0.2) is 34.9 Å². The Hall–Kier alpha value is -4.83. The van der Waals surface area contributed by atoms with Gasteiger partial charge in [-0.05, 0) is 69.8 Å². The Morgan fingerprint density at radius 2 is 2.12 bits per heavy atom. The van der Waals surface area contributed by atoms with Gasteiger partial charge in [-0.1, -0.05) is 11.2 Å². The molecule has 3 atom stereocenters. The number of nitrogens with two attached hydrogens (primary N) is 2. The molecule has 1 saturated heterocycles. The summed E-state index contributed by atoms with van der Waals surface area (Å²) in [4.78, 5) is 51.7. The van der Waals surface area contributed by atoms with Crippen LogP contribution < -0.4 is 37.1 Å². The van der Waals surface area contributed by atoms with E-state index >= 15 is 0 Å². The Bertz CT molecular complexity index is 1880. The Labute approximate surface area is 290 Å². The van der Waals surface area contributed by atoms with Crippen LogP contribution in [-0.2, 0) is 40.3 Å². The third kappa shape index (κ3) is 7.65. The second-order valence-electron chi connectivity index (χ2n) is 12.3. The van der Waals surface area contributed by atoms with Gasteiger partial charge in [-0.3, -0.25) is 29.8 Å². The molecule has 0 spiro atoms. The molecule has 10 N–H and O–H groups in total. The van der Waals surface area contributed by atoms with Gasteiger partial charge in [0.05, 0.1) is 24.8 Å². The third-order valence-electron chi connectivity index (χ3n) is 8.37. The third-order valence-corrected chi connectivity index (χ3v) is 9.38. The van der Waals surface area contributed by atoms with Gasteiger partial charge in [0.25, 0.3) is 17.4 Å². The average Bonchev–Trinajstić information content (AvgIpc) is 3.50. The lowest BCUT2D eigenvalue weighted by atomic mass is 9.84. The number of thiazole rings is 1. The molecular weight excluding hydrogens is 699 g/mol. The van der Waals surface area contributed by atoms with Gasteiger partial charge in [-0.15, -0.1) is 15.6 Å². The van der Waals surface area contributed by atoms with Crippen molar-refractivity contribution in [1.82, 2.24) is 26.0 Å². The van der Waals surface area contributed by atoms with Crippen molar-refractivity contribution in [2.75, 3.05) is 25.4 Å². The van der Waals surface area contributed by atoms with Crippen LogP contribution in [0.4, 0.5) is 5.13 Å². The Kier molecular flexibility index (Phi) is 10.3. The number of amides is 2. The number of oxime groups is 1. The molecule has 1 aromatic carbocycles. The van der Waals surface area contributed by atoms with E-state index in [9.17, 15) is 27.9 Å². The normalized spacial score (nSPS) is 21.3. The van der Waals surface area contributed by atoms with Gasteiger partial charge >= 0.3 is 22.3 Å². The van der Waals surface area contributed by atoms with E-state index in [1.165, 1.54) is 26.2 Å². The van der Waals surface area contributed by atoms with E-state index in [0.29, 0.717) is 30.3 Å². The number of β-lactam (4-membered cyclic amide) rings is 1. The van der Waals surface area contributed by atoms with Crippen LogP contribution >= 0.6 is 11.3 Å². The zero-order valence-electron chi connectivity index (χ0n) is 27.3. The highest BCUT2D eigenvalue weighted by Crippen LogP contribution is 2.36. The number of hydrogen-bond acceptors (Lipinski definition) is 15. The molecule has 1 fully saturated rings. The van der Waals surface area contributed by atoms with E-state index in [2.05, 4.69) is 35.4 Å². The molecule has 270 valence electrons. The first-order valence-electron chi connectivity index (χ1n) is 15.4. The van der Waals surface area contributed by atoms with E-state index < -0.39 is 57.2 Å². The number of fused-ring (bicyclic) bond motifs is 1. The molecule has 2 amide bonds. The van der Waals surface area contributed by atoms with Gasteiger partial charge < -0.3 is 31.5 Å². The number of carbonyl (C=O) groups excluding carboxylic acids is 2. The summed E-state index contributed by atoms with van der Waals surface area (Å²) in [6.07, 6.45) is 2.38. The van der Waals surface area contributed by atoms with E-state index in [-0.39, 0.29) is 17.2 Å². The Morgan fingerprint density at radius 1 is 1.36 bits per heavy atom. The summed E-state index contributed by atoms with van der Waals surface area (Å²) >= 11 is 0.970. The molecule has 0 bridgehead atoms. The number of ether oxygens (including phenoxy) is 1. The molecule has 50 heavy (non-hydrogen) atoms. The zero-order valence-corrected chi connectivity index (χ0v) is 28.9.